The molecule has 1 amide bonds. The first-order valence-electron chi connectivity index (χ1n) is 9.96. The molecule has 0 bridgehead atoms. The summed E-state index contributed by atoms with van der Waals surface area (Å²) in [7, 11) is -3.86. The molecule has 0 radical (unpaired) electrons. The van der Waals surface area contributed by atoms with Crippen molar-refractivity contribution in [3.05, 3.63) is 69.8 Å². The van der Waals surface area contributed by atoms with Crippen molar-refractivity contribution >= 4 is 43.8 Å². The third kappa shape index (κ3) is 4.84. The molecule has 0 spiro atoms. The van der Waals surface area contributed by atoms with Gasteiger partial charge in [0.1, 0.15) is 0 Å². The van der Waals surface area contributed by atoms with Gasteiger partial charge in [0.15, 0.2) is 0 Å². The molecule has 33 heavy (non-hydrogen) atoms. The van der Waals surface area contributed by atoms with E-state index in [9.17, 15) is 23.3 Å². The third-order valence-corrected chi connectivity index (χ3v) is 8.28. The average molecular weight is 489 g/mol. The number of benzene rings is 2. The molecule has 11 nitrogen and oxygen atoms in total. The number of carbonyl (C=O) groups is 1. The highest BCUT2D eigenvalue weighted by Crippen LogP contribution is 2.27. The van der Waals surface area contributed by atoms with Gasteiger partial charge in [-0.25, -0.2) is 8.42 Å². The molecule has 4 rings (SSSR count). The summed E-state index contributed by atoms with van der Waals surface area (Å²) in [4.78, 5) is 24.8. The minimum absolute atomic E-state index is 0.0105. The van der Waals surface area contributed by atoms with Gasteiger partial charge in [-0.3, -0.25) is 20.2 Å². The fourth-order valence-corrected chi connectivity index (χ4v) is 5.95. The molecule has 1 fully saturated rings. The number of hydrogen-bond acceptors (Lipinski definition) is 9. The first kappa shape index (κ1) is 22.8. The van der Waals surface area contributed by atoms with Crippen molar-refractivity contribution in [2.45, 2.75) is 11.3 Å². The van der Waals surface area contributed by atoms with Crippen LogP contribution in [0.1, 0.15) is 15.9 Å². The quantitative estimate of drug-likeness (QED) is 0.317. The zero-order chi connectivity index (χ0) is 23.6. The Hall–Kier alpha value is -3.42. The monoisotopic (exact) mass is 488 g/mol. The molecule has 0 atom stereocenters. The van der Waals surface area contributed by atoms with Crippen molar-refractivity contribution in [1.82, 2.24) is 14.5 Å². The Morgan fingerprint density at radius 1 is 1.09 bits per heavy atom. The van der Waals surface area contributed by atoms with Crippen molar-refractivity contribution in [2.24, 2.45) is 0 Å². The van der Waals surface area contributed by atoms with Gasteiger partial charge in [0.05, 0.1) is 4.92 Å². The van der Waals surface area contributed by atoms with Crippen molar-refractivity contribution in [3.8, 4) is 0 Å². The number of aromatic nitrogens is 2. The number of aryl methyl sites for hydroxylation is 1. The van der Waals surface area contributed by atoms with Gasteiger partial charge < -0.3 is 4.90 Å². The molecule has 2 heterocycles. The lowest BCUT2D eigenvalue weighted by Crippen LogP contribution is -2.48. The van der Waals surface area contributed by atoms with Crippen LogP contribution in [0.3, 0.4) is 0 Å². The summed E-state index contributed by atoms with van der Waals surface area (Å²) in [6.45, 7) is 3.69. The number of piperazine rings is 1. The van der Waals surface area contributed by atoms with E-state index < -0.39 is 20.9 Å². The number of hydrogen-bond donors (Lipinski definition) is 1. The Kier molecular flexibility index (Phi) is 6.35. The molecule has 1 N–H and O–H groups in total. The highest BCUT2D eigenvalue weighted by molar-refractivity contribution is 7.91. The van der Waals surface area contributed by atoms with E-state index in [2.05, 4.69) is 20.4 Å². The van der Waals surface area contributed by atoms with Crippen LogP contribution in [0.25, 0.3) is 0 Å². The van der Waals surface area contributed by atoms with Gasteiger partial charge in [-0.2, -0.15) is 4.31 Å². The fourth-order valence-electron chi connectivity index (χ4n) is 3.49. The molecular formula is C20H20N6O5S2. The topological polar surface area (TPSA) is 139 Å². The van der Waals surface area contributed by atoms with E-state index in [0.29, 0.717) is 26.2 Å². The molecule has 13 heteroatoms. The maximum atomic E-state index is 13.0. The predicted molar refractivity (Wildman–Crippen MR) is 123 cm³/mol. The van der Waals surface area contributed by atoms with Crippen LogP contribution in [0, 0.1) is 17.0 Å². The Balaban J connectivity index is 1.42. The molecule has 1 saturated heterocycles. The van der Waals surface area contributed by atoms with E-state index in [1.807, 2.05) is 31.2 Å². The molecule has 1 aliphatic rings. The van der Waals surface area contributed by atoms with E-state index >= 15 is 0 Å². The number of amides is 1. The molecule has 2 aromatic carbocycles. The summed E-state index contributed by atoms with van der Waals surface area (Å²) in [6, 6.07) is 13.1. The number of nitrogens with one attached hydrogen (secondary N) is 1. The van der Waals surface area contributed by atoms with Crippen LogP contribution < -0.4 is 10.2 Å². The van der Waals surface area contributed by atoms with Crippen LogP contribution in [0.2, 0.25) is 0 Å². The number of nitro groups is 1. The second kappa shape index (κ2) is 9.21. The zero-order valence-electron chi connectivity index (χ0n) is 17.5. The van der Waals surface area contributed by atoms with E-state index in [1.54, 1.807) is 0 Å². The van der Waals surface area contributed by atoms with Gasteiger partial charge in [0.25, 0.3) is 21.6 Å². The van der Waals surface area contributed by atoms with Crippen LogP contribution in [0.15, 0.2) is 52.9 Å². The summed E-state index contributed by atoms with van der Waals surface area (Å²) in [5.41, 5.74) is 2.03. The number of anilines is 2. The van der Waals surface area contributed by atoms with Crippen LogP contribution >= 0.6 is 11.3 Å². The predicted octanol–water partition coefficient (Wildman–Crippen LogP) is 2.52. The van der Waals surface area contributed by atoms with Gasteiger partial charge >= 0.3 is 0 Å². The third-order valence-electron chi connectivity index (χ3n) is 5.20. The highest BCUT2D eigenvalue weighted by atomic mass is 32.2. The maximum absolute atomic E-state index is 13.0. The number of carbonyl (C=O) groups excluding carboxylic acids is 1. The summed E-state index contributed by atoms with van der Waals surface area (Å²) < 4.78 is 27.2. The fraction of sp³-hybridized carbons (Fsp3) is 0.250. The van der Waals surface area contributed by atoms with Gasteiger partial charge in [-0.15, -0.1) is 10.2 Å². The van der Waals surface area contributed by atoms with E-state index in [4.69, 9.17) is 0 Å². The first-order valence-corrected chi connectivity index (χ1v) is 12.2. The largest absolute Gasteiger partial charge is 0.369 e. The van der Waals surface area contributed by atoms with Gasteiger partial charge in [-0.05, 0) is 24.6 Å². The number of nitrogens with zero attached hydrogens (tertiary/aromatic N) is 5. The van der Waals surface area contributed by atoms with Crippen molar-refractivity contribution in [1.29, 1.82) is 0 Å². The maximum Gasteiger partial charge on any atom is 0.272 e. The van der Waals surface area contributed by atoms with E-state index in [0.717, 1.165) is 28.7 Å². The Labute approximate surface area is 193 Å². The summed E-state index contributed by atoms with van der Waals surface area (Å²) >= 11 is 0.735. The normalized spacial score (nSPS) is 14.8. The van der Waals surface area contributed by atoms with Crippen molar-refractivity contribution in [2.75, 3.05) is 36.4 Å². The molecule has 172 valence electrons. The molecular weight excluding hydrogens is 468 g/mol. The van der Waals surface area contributed by atoms with E-state index in [-0.39, 0.29) is 20.7 Å². The zero-order valence-corrected chi connectivity index (χ0v) is 19.2. The number of nitro benzene ring substituents is 1. The number of rotatable bonds is 6. The summed E-state index contributed by atoms with van der Waals surface area (Å²) in [6.07, 6.45) is 0. The lowest BCUT2D eigenvalue weighted by molar-refractivity contribution is -0.384. The lowest BCUT2D eigenvalue weighted by atomic mass is 10.1. The van der Waals surface area contributed by atoms with E-state index in [1.165, 1.54) is 22.5 Å². The Morgan fingerprint density at radius 2 is 1.82 bits per heavy atom. The number of para-hydroxylation sites is 1. The summed E-state index contributed by atoms with van der Waals surface area (Å²) in [5.74, 6) is -0.648. The van der Waals surface area contributed by atoms with Crippen LogP contribution in [0.5, 0.6) is 0 Å². The van der Waals surface area contributed by atoms with Gasteiger partial charge in [0.2, 0.25) is 9.47 Å². The first-order chi connectivity index (χ1) is 15.8. The van der Waals surface area contributed by atoms with Gasteiger partial charge in [-0.1, -0.05) is 35.6 Å². The highest BCUT2D eigenvalue weighted by Gasteiger charge is 2.32. The molecule has 0 unspecified atom stereocenters. The molecule has 1 aliphatic heterocycles. The standard InChI is InChI=1S/C20H20N6O5S2/c1-14-5-2-3-8-17(14)24-9-11-25(12-10-24)33(30,31)20-23-22-19(32-20)21-18(27)15-6-4-7-16(13-15)26(28)29/h2-8,13H,9-12H2,1H3,(H,21,22,27). The SMILES string of the molecule is Cc1ccccc1N1CCN(S(=O)(=O)c2nnc(NC(=O)c3cccc([N+](=O)[O-])c3)s2)CC1. The van der Waals surface area contributed by atoms with Crippen LogP contribution in [0.4, 0.5) is 16.5 Å². The minimum Gasteiger partial charge on any atom is -0.369 e. The number of sulfonamides is 1. The molecule has 0 aliphatic carbocycles. The molecule has 1 aromatic heterocycles. The lowest BCUT2D eigenvalue weighted by Gasteiger charge is -2.35. The second-order valence-corrected chi connectivity index (χ2v) is 10.4. The van der Waals surface area contributed by atoms with Crippen molar-refractivity contribution in [3.63, 3.8) is 0 Å². The summed E-state index contributed by atoms with van der Waals surface area (Å²) in [5, 5.41) is 20.8. The number of non-ortho nitro benzene ring substituents is 1. The average Bonchev–Trinajstić information content (AvgIpc) is 3.29. The molecule has 0 saturated carbocycles. The second-order valence-electron chi connectivity index (χ2n) is 7.31. The minimum atomic E-state index is -3.86. The molecule has 3 aromatic rings. The van der Waals surface area contributed by atoms with Crippen molar-refractivity contribution < 1.29 is 18.1 Å². The van der Waals surface area contributed by atoms with Gasteiger partial charge in [0, 0.05) is 49.6 Å². The van der Waals surface area contributed by atoms with Crippen LogP contribution in [-0.2, 0) is 10.0 Å². The smallest absolute Gasteiger partial charge is 0.272 e. The Bertz CT molecular complexity index is 1300. The Morgan fingerprint density at radius 3 is 2.52 bits per heavy atom. The van der Waals surface area contributed by atoms with Crippen LogP contribution in [-0.4, -0.2) is 59.9 Å².